The first-order valence-electron chi connectivity index (χ1n) is 8.19. The normalized spacial score (nSPS) is 15.3. The van der Waals surface area contributed by atoms with Gasteiger partial charge in [0.05, 0.1) is 7.11 Å². The van der Waals surface area contributed by atoms with E-state index in [2.05, 4.69) is 27.3 Å². The van der Waals surface area contributed by atoms with Crippen LogP contribution in [0.5, 0.6) is 5.75 Å². The number of benzene rings is 2. The Morgan fingerprint density at radius 2 is 1.88 bits per heavy atom. The summed E-state index contributed by atoms with van der Waals surface area (Å²) in [5, 5.41) is 5.69. The zero-order chi connectivity index (χ0) is 18.1. The highest BCUT2D eigenvalue weighted by molar-refractivity contribution is 6.14. The number of urea groups is 1. The number of aromatic nitrogens is 1. The molecule has 0 bridgehead atoms. The molecule has 1 fully saturated rings. The second-order valence-electron chi connectivity index (χ2n) is 6.05. The van der Waals surface area contributed by atoms with E-state index in [1.165, 1.54) is 5.56 Å². The lowest BCUT2D eigenvalue weighted by molar-refractivity contribution is -0.115. The molecule has 1 aliphatic heterocycles. The summed E-state index contributed by atoms with van der Waals surface area (Å²) in [6.45, 7) is 0.700. The lowest BCUT2D eigenvalue weighted by atomic mass is 10.1. The van der Waals surface area contributed by atoms with Gasteiger partial charge in [-0.15, -0.1) is 0 Å². The van der Waals surface area contributed by atoms with Crippen molar-refractivity contribution in [2.24, 2.45) is 0 Å². The molecule has 0 radical (unpaired) electrons. The van der Waals surface area contributed by atoms with Crippen LogP contribution in [0.25, 0.3) is 17.0 Å². The fourth-order valence-corrected chi connectivity index (χ4v) is 3.09. The summed E-state index contributed by atoms with van der Waals surface area (Å²) in [7, 11) is 1.62. The number of ether oxygens (including phenoxy) is 1. The fourth-order valence-electron chi connectivity index (χ4n) is 3.09. The Bertz CT molecular complexity index is 1040. The number of nitrogens with one attached hydrogen (secondary N) is 2. The first-order chi connectivity index (χ1) is 12.6. The summed E-state index contributed by atoms with van der Waals surface area (Å²) in [5.74, 6) is 0.302. The summed E-state index contributed by atoms with van der Waals surface area (Å²) in [6.07, 6.45) is 3.66. The Kier molecular flexibility index (Phi) is 3.93. The van der Waals surface area contributed by atoms with Crippen molar-refractivity contribution in [1.29, 1.82) is 0 Å². The number of carbonyl (C=O) groups is 2. The smallest absolute Gasteiger partial charge is 0.326 e. The summed E-state index contributed by atoms with van der Waals surface area (Å²) < 4.78 is 7.45. The topological polar surface area (TPSA) is 72.4 Å². The number of methoxy groups -OCH3 is 1. The Morgan fingerprint density at radius 1 is 1.08 bits per heavy atom. The van der Waals surface area contributed by atoms with E-state index >= 15 is 0 Å². The molecule has 2 N–H and O–H groups in total. The molecule has 3 aromatic rings. The number of hydrogen-bond acceptors (Lipinski definition) is 3. The van der Waals surface area contributed by atoms with Gasteiger partial charge in [0, 0.05) is 29.2 Å². The highest BCUT2D eigenvalue weighted by Gasteiger charge is 2.23. The molecule has 4 rings (SSSR count). The maximum Gasteiger partial charge on any atom is 0.326 e. The van der Waals surface area contributed by atoms with E-state index in [1.807, 2.05) is 42.6 Å². The van der Waals surface area contributed by atoms with Gasteiger partial charge in [-0.3, -0.25) is 10.1 Å². The van der Waals surface area contributed by atoms with Gasteiger partial charge < -0.3 is 14.6 Å². The maximum absolute atomic E-state index is 11.9. The van der Waals surface area contributed by atoms with Crippen LogP contribution in [-0.2, 0) is 11.3 Å². The van der Waals surface area contributed by atoms with Crippen molar-refractivity contribution in [1.82, 2.24) is 15.2 Å². The molecule has 0 unspecified atom stereocenters. The number of amides is 3. The van der Waals surface area contributed by atoms with E-state index in [4.69, 9.17) is 4.74 Å². The van der Waals surface area contributed by atoms with E-state index in [1.54, 1.807) is 13.2 Å². The standard InChI is InChI=1S/C20H17N3O3/c1-26-15-7-8-18-16(10-15)14(9-17-19(24)22-20(25)21-17)12-23(18)11-13-5-3-2-4-6-13/h2-10,12H,11H2,1H3,(H2,21,22,24,25)/b17-9-. The third-order valence-electron chi connectivity index (χ3n) is 4.33. The molecule has 6 nitrogen and oxygen atoms in total. The van der Waals surface area contributed by atoms with Crippen molar-refractivity contribution in [3.05, 3.63) is 71.6 Å². The molecular weight excluding hydrogens is 330 g/mol. The highest BCUT2D eigenvalue weighted by atomic mass is 16.5. The number of nitrogens with zero attached hydrogens (tertiary/aromatic N) is 1. The lowest BCUT2D eigenvalue weighted by Gasteiger charge is -2.06. The Hall–Kier alpha value is -3.54. The monoisotopic (exact) mass is 347 g/mol. The Morgan fingerprint density at radius 3 is 2.58 bits per heavy atom. The lowest BCUT2D eigenvalue weighted by Crippen LogP contribution is -2.22. The summed E-state index contributed by atoms with van der Waals surface area (Å²) >= 11 is 0. The molecule has 0 aliphatic carbocycles. The van der Waals surface area contributed by atoms with Crippen molar-refractivity contribution in [3.8, 4) is 5.75 Å². The number of rotatable bonds is 4. The Balaban J connectivity index is 1.82. The third kappa shape index (κ3) is 2.93. The molecular formula is C20H17N3O3. The van der Waals surface area contributed by atoms with E-state index in [-0.39, 0.29) is 5.70 Å². The quantitative estimate of drug-likeness (QED) is 0.563. The van der Waals surface area contributed by atoms with Gasteiger partial charge in [-0.1, -0.05) is 30.3 Å². The van der Waals surface area contributed by atoms with Crippen molar-refractivity contribution >= 4 is 28.9 Å². The van der Waals surface area contributed by atoms with Gasteiger partial charge in [-0.2, -0.15) is 0 Å². The van der Waals surface area contributed by atoms with Gasteiger partial charge in [0.25, 0.3) is 5.91 Å². The maximum atomic E-state index is 11.9. The van der Waals surface area contributed by atoms with E-state index < -0.39 is 11.9 Å². The number of imide groups is 1. The minimum Gasteiger partial charge on any atom is -0.497 e. The van der Waals surface area contributed by atoms with E-state index in [9.17, 15) is 9.59 Å². The molecule has 0 spiro atoms. The van der Waals surface area contributed by atoms with Crippen LogP contribution in [0.3, 0.4) is 0 Å². The first kappa shape index (κ1) is 16.0. The average molecular weight is 347 g/mol. The van der Waals surface area contributed by atoms with Gasteiger partial charge in [0.15, 0.2) is 0 Å². The summed E-state index contributed by atoms with van der Waals surface area (Å²) in [4.78, 5) is 23.2. The van der Waals surface area contributed by atoms with Crippen LogP contribution in [0.2, 0.25) is 0 Å². The second kappa shape index (κ2) is 6.40. The average Bonchev–Trinajstić information content (AvgIpc) is 3.15. The third-order valence-corrected chi connectivity index (χ3v) is 4.33. The molecule has 26 heavy (non-hydrogen) atoms. The number of hydrogen-bond donors (Lipinski definition) is 2. The minimum atomic E-state index is -0.508. The van der Waals surface area contributed by atoms with Crippen molar-refractivity contribution in [2.75, 3.05) is 7.11 Å². The predicted octanol–water partition coefficient (Wildman–Crippen LogP) is 2.88. The van der Waals surface area contributed by atoms with Crippen LogP contribution in [0, 0.1) is 0 Å². The van der Waals surface area contributed by atoms with Crippen LogP contribution in [0.1, 0.15) is 11.1 Å². The van der Waals surface area contributed by atoms with Crippen molar-refractivity contribution < 1.29 is 14.3 Å². The Labute approximate surface area is 150 Å². The zero-order valence-corrected chi connectivity index (χ0v) is 14.2. The van der Waals surface area contributed by atoms with Crippen LogP contribution in [0.15, 0.2) is 60.4 Å². The summed E-state index contributed by atoms with van der Waals surface area (Å²) in [6, 6.07) is 15.5. The molecule has 0 saturated carbocycles. The number of carbonyl (C=O) groups excluding carboxylic acids is 2. The van der Waals surface area contributed by atoms with Gasteiger partial charge in [-0.25, -0.2) is 4.79 Å². The molecule has 1 aliphatic rings. The van der Waals surface area contributed by atoms with Crippen molar-refractivity contribution in [3.63, 3.8) is 0 Å². The van der Waals surface area contributed by atoms with E-state index in [0.29, 0.717) is 6.54 Å². The number of fused-ring (bicyclic) bond motifs is 1. The minimum absolute atomic E-state index is 0.233. The molecule has 1 saturated heterocycles. The SMILES string of the molecule is COc1ccc2c(c1)c(/C=C1\NC(=O)NC1=O)cn2Cc1ccccc1. The molecule has 0 atom stereocenters. The summed E-state index contributed by atoms with van der Waals surface area (Å²) in [5.41, 5.74) is 3.26. The van der Waals surface area contributed by atoms with Gasteiger partial charge >= 0.3 is 6.03 Å². The second-order valence-corrected chi connectivity index (χ2v) is 6.05. The van der Waals surface area contributed by atoms with Crippen LogP contribution >= 0.6 is 0 Å². The first-order valence-corrected chi connectivity index (χ1v) is 8.19. The van der Waals surface area contributed by atoms with Crippen LogP contribution in [0.4, 0.5) is 4.79 Å². The molecule has 130 valence electrons. The fraction of sp³-hybridized carbons (Fsp3) is 0.100. The predicted molar refractivity (Wildman–Crippen MR) is 98.7 cm³/mol. The largest absolute Gasteiger partial charge is 0.497 e. The molecule has 2 heterocycles. The van der Waals surface area contributed by atoms with Gasteiger partial charge in [0.1, 0.15) is 11.4 Å². The van der Waals surface area contributed by atoms with Gasteiger partial charge in [-0.05, 0) is 29.8 Å². The molecule has 1 aromatic heterocycles. The van der Waals surface area contributed by atoms with Crippen molar-refractivity contribution in [2.45, 2.75) is 6.54 Å². The highest BCUT2D eigenvalue weighted by Crippen LogP contribution is 2.28. The molecule has 3 amide bonds. The van der Waals surface area contributed by atoms with E-state index in [0.717, 1.165) is 22.2 Å². The molecule has 6 heteroatoms. The molecule has 2 aromatic carbocycles. The van der Waals surface area contributed by atoms with Crippen LogP contribution < -0.4 is 15.4 Å². The zero-order valence-electron chi connectivity index (χ0n) is 14.2. The van der Waals surface area contributed by atoms with Gasteiger partial charge in [0.2, 0.25) is 0 Å². The van der Waals surface area contributed by atoms with Crippen LogP contribution in [-0.4, -0.2) is 23.6 Å².